The number of rotatable bonds is 6. The number of nitrogens with one attached hydrogen (secondary N) is 2. The molecule has 2 aromatic heterocycles. The van der Waals surface area contributed by atoms with Gasteiger partial charge in [0.1, 0.15) is 0 Å². The van der Waals surface area contributed by atoms with E-state index in [1.807, 2.05) is 17.5 Å². The molecule has 0 aliphatic heterocycles. The molecule has 1 amide bonds. The predicted octanol–water partition coefficient (Wildman–Crippen LogP) is 2.67. The SMILES string of the molecule is CS(=O)(=O)c1ccc(NC(=O)CSc2n[nH]c(-c3cccs3)n2)cc1. The Morgan fingerprint density at radius 3 is 2.68 bits per heavy atom. The number of aromatic nitrogens is 3. The standard InChI is InChI=1S/C15H14N4O3S3/c1-25(21,22)11-6-4-10(5-7-11)16-13(20)9-24-15-17-14(18-19-15)12-3-2-8-23-12/h2-8H,9H2,1H3,(H,16,20)(H,17,18,19). The van der Waals surface area contributed by atoms with Crippen molar-refractivity contribution in [3.05, 3.63) is 41.8 Å². The molecule has 0 bridgehead atoms. The average molecular weight is 395 g/mol. The molecule has 130 valence electrons. The van der Waals surface area contributed by atoms with Crippen LogP contribution >= 0.6 is 23.1 Å². The van der Waals surface area contributed by atoms with Crippen LogP contribution < -0.4 is 5.32 Å². The van der Waals surface area contributed by atoms with Gasteiger partial charge in [-0.05, 0) is 35.7 Å². The molecule has 0 saturated carbocycles. The van der Waals surface area contributed by atoms with Crippen molar-refractivity contribution in [2.24, 2.45) is 0 Å². The normalized spacial score (nSPS) is 11.4. The molecule has 0 radical (unpaired) electrons. The molecule has 0 aliphatic carbocycles. The summed E-state index contributed by atoms with van der Waals surface area (Å²) in [6.07, 6.45) is 1.14. The zero-order valence-electron chi connectivity index (χ0n) is 13.1. The molecule has 0 saturated heterocycles. The summed E-state index contributed by atoms with van der Waals surface area (Å²) in [5.41, 5.74) is 0.535. The van der Waals surface area contributed by atoms with Gasteiger partial charge in [-0.15, -0.1) is 16.4 Å². The van der Waals surface area contributed by atoms with Crippen molar-refractivity contribution < 1.29 is 13.2 Å². The molecule has 7 nitrogen and oxygen atoms in total. The largest absolute Gasteiger partial charge is 0.325 e. The quantitative estimate of drug-likeness (QED) is 0.623. The number of anilines is 1. The van der Waals surface area contributed by atoms with Gasteiger partial charge in [0.2, 0.25) is 11.1 Å². The highest BCUT2D eigenvalue weighted by Crippen LogP contribution is 2.23. The van der Waals surface area contributed by atoms with E-state index in [2.05, 4.69) is 20.5 Å². The van der Waals surface area contributed by atoms with Gasteiger partial charge in [0.15, 0.2) is 15.7 Å². The monoisotopic (exact) mass is 394 g/mol. The summed E-state index contributed by atoms with van der Waals surface area (Å²) in [5.74, 6) is 0.601. The number of nitrogens with zero attached hydrogens (tertiary/aromatic N) is 2. The van der Waals surface area contributed by atoms with Crippen molar-refractivity contribution in [3.63, 3.8) is 0 Å². The Bertz CT molecular complexity index is 964. The summed E-state index contributed by atoms with van der Waals surface area (Å²) >= 11 is 2.77. The van der Waals surface area contributed by atoms with Gasteiger partial charge in [-0.25, -0.2) is 13.4 Å². The smallest absolute Gasteiger partial charge is 0.234 e. The highest BCUT2D eigenvalue weighted by Gasteiger charge is 2.11. The summed E-state index contributed by atoms with van der Waals surface area (Å²) in [7, 11) is -3.25. The maximum atomic E-state index is 12.0. The first-order chi connectivity index (χ1) is 11.9. The number of aromatic amines is 1. The van der Waals surface area contributed by atoms with E-state index in [9.17, 15) is 13.2 Å². The number of thioether (sulfide) groups is 1. The van der Waals surface area contributed by atoms with Crippen LogP contribution in [0.15, 0.2) is 51.8 Å². The molecule has 0 atom stereocenters. The number of thiophene rings is 1. The third kappa shape index (κ3) is 4.68. The van der Waals surface area contributed by atoms with E-state index in [0.717, 1.165) is 11.1 Å². The fourth-order valence-corrected chi connectivity index (χ4v) is 3.84. The number of benzene rings is 1. The predicted molar refractivity (Wildman–Crippen MR) is 98.6 cm³/mol. The van der Waals surface area contributed by atoms with Crippen molar-refractivity contribution in [3.8, 4) is 10.7 Å². The molecule has 3 rings (SSSR count). The molecule has 3 aromatic rings. The van der Waals surface area contributed by atoms with Gasteiger partial charge >= 0.3 is 0 Å². The maximum absolute atomic E-state index is 12.0. The fourth-order valence-electron chi connectivity index (χ4n) is 1.95. The van der Waals surface area contributed by atoms with Gasteiger partial charge in [0, 0.05) is 11.9 Å². The van der Waals surface area contributed by atoms with Gasteiger partial charge in [-0.1, -0.05) is 17.8 Å². The number of amides is 1. The van der Waals surface area contributed by atoms with E-state index in [1.165, 1.54) is 23.9 Å². The topological polar surface area (TPSA) is 105 Å². The van der Waals surface area contributed by atoms with Crippen LogP contribution in [0.1, 0.15) is 0 Å². The first-order valence-electron chi connectivity index (χ1n) is 7.11. The molecule has 0 aliphatic rings. The van der Waals surface area contributed by atoms with Gasteiger partial charge in [-0.3, -0.25) is 9.89 Å². The van der Waals surface area contributed by atoms with Crippen LogP contribution in [0, 0.1) is 0 Å². The van der Waals surface area contributed by atoms with Gasteiger partial charge < -0.3 is 5.32 Å². The van der Waals surface area contributed by atoms with Crippen molar-refractivity contribution in [1.82, 2.24) is 15.2 Å². The molecule has 1 aromatic carbocycles. The third-order valence-corrected chi connectivity index (χ3v) is 5.97. The molecule has 25 heavy (non-hydrogen) atoms. The van der Waals surface area contributed by atoms with Crippen LogP contribution in [-0.4, -0.2) is 41.5 Å². The van der Waals surface area contributed by atoms with Crippen LogP contribution in [0.4, 0.5) is 5.69 Å². The Balaban J connectivity index is 1.55. The minimum atomic E-state index is -3.25. The van der Waals surface area contributed by atoms with Crippen LogP contribution in [0.2, 0.25) is 0 Å². The van der Waals surface area contributed by atoms with Crippen molar-refractivity contribution in [2.45, 2.75) is 10.1 Å². The molecular weight excluding hydrogens is 380 g/mol. The van der Waals surface area contributed by atoms with Crippen molar-refractivity contribution in [2.75, 3.05) is 17.3 Å². The first-order valence-corrected chi connectivity index (χ1v) is 10.9. The number of carbonyl (C=O) groups excluding carboxylic acids is 1. The average Bonchev–Trinajstić information content (AvgIpc) is 3.24. The second-order valence-corrected chi connectivity index (χ2v) is 8.98. The summed E-state index contributed by atoms with van der Waals surface area (Å²) in [4.78, 5) is 17.5. The zero-order valence-corrected chi connectivity index (χ0v) is 15.5. The Hall–Kier alpha value is -2.17. The molecule has 0 spiro atoms. The second kappa shape index (κ2) is 7.38. The Labute approximate surface area is 152 Å². The number of hydrogen-bond acceptors (Lipinski definition) is 7. The lowest BCUT2D eigenvalue weighted by molar-refractivity contribution is -0.113. The first kappa shape index (κ1) is 17.6. The highest BCUT2D eigenvalue weighted by molar-refractivity contribution is 7.99. The maximum Gasteiger partial charge on any atom is 0.234 e. The summed E-state index contributed by atoms with van der Waals surface area (Å²) < 4.78 is 22.8. The van der Waals surface area contributed by atoms with Gasteiger partial charge in [0.05, 0.1) is 15.5 Å². The summed E-state index contributed by atoms with van der Waals surface area (Å²) in [5, 5.41) is 12.1. The number of sulfone groups is 1. The molecule has 0 fully saturated rings. The molecule has 10 heteroatoms. The number of hydrogen-bond donors (Lipinski definition) is 2. The molecule has 0 unspecified atom stereocenters. The lowest BCUT2D eigenvalue weighted by Crippen LogP contribution is -2.14. The van der Waals surface area contributed by atoms with Gasteiger partial charge in [0.25, 0.3) is 0 Å². The summed E-state index contributed by atoms with van der Waals surface area (Å²) in [6, 6.07) is 9.90. The minimum absolute atomic E-state index is 0.148. The van der Waals surface area contributed by atoms with E-state index in [1.54, 1.807) is 23.5 Å². The lowest BCUT2D eigenvalue weighted by Gasteiger charge is -2.05. The lowest BCUT2D eigenvalue weighted by atomic mass is 10.3. The summed E-state index contributed by atoms with van der Waals surface area (Å²) in [6.45, 7) is 0. The molecular formula is C15H14N4O3S3. The van der Waals surface area contributed by atoms with E-state index in [-0.39, 0.29) is 16.6 Å². The molecule has 2 heterocycles. The Kier molecular flexibility index (Phi) is 5.21. The van der Waals surface area contributed by atoms with E-state index in [0.29, 0.717) is 16.7 Å². The number of carbonyl (C=O) groups is 1. The number of H-pyrrole nitrogens is 1. The second-order valence-electron chi connectivity index (χ2n) is 5.08. The van der Waals surface area contributed by atoms with Gasteiger partial charge in [-0.2, -0.15) is 0 Å². The van der Waals surface area contributed by atoms with E-state index >= 15 is 0 Å². The third-order valence-electron chi connectivity index (χ3n) is 3.12. The molecule has 2 N–H and O–H groups in total. The van der Waals surface area contributed by atoms with Crippen molar-refractivity contribution in [1.29, 1.82) is 0 Å². The van der Waals surface area contributed by atoms with E-state index in [4.69, 9.17) is 0 Å². The minimum Gasteiger partial charge on any atom is -0.325 e. The van der Waals surface area contributed by atoms with E-state index < -0.39 is 9.84 Å². The van der Waals surface area contributed by atoms with Crippen molar-refractivity contribution >= 4 is 44.5 Å². The van der Waals surface area contributed by atoms with Crippen LogP contribution in [0.5, 0.6) is 0 Å². The van der Waals surface area contributed by atoms with Crippen LogP contribution in [0.25, 0.3) is 10.7 Å². The Morgan fingerprint density at radius 1 is 1.28 bits per heavy atom. The zero-order chi connectivity index (χ0) is 17.9. The van der Waals surface area contributed by atoms with Crippen LogP contribution in [-0.2, 0) is 14.6 Å². The highest BCUT2D eigenvalue weighted by atomic mass is 32.2. The Morgan fingerprint density at radius 2 is 2.04 bits per heavy atom. The van der Waals surface area contributed by atoms with Crippen LogP contribution in [0.3, 0.4) is 0 Å². The fraction of sp³-hybridized carbons (Fsp3) is 0.133.